The number of carbonyl (C=O) groups excluding carboxylic acids is 1. The molecule has 3 N–H and O–H groups in total. The summed E-state index contributed by atoms with van der Waals surface area (Å²) in [4.78, 5) is 12.7. The fraction of sp³-hybridized carbons (Fsp3) is 0.133. The van der Waals surface area contributed by atoms with E-state index in [9.17, 15) is 22.4 Å². The zero-order valence-electron chi connectivity index (χ0n) is 12.1. The maximum atomic E-state index is 13.4. The Morgan fingerprint density at radius 1 is 1.24 bits per heavy atom. The van der Waals surface area contributed by atoms with Gasteiger partial charge in [0.15, 0.2) is 5.78 Å². The van der Waals surface area contributed by atoms with Crippen LogP contribution in [-0.2, 0) is 0 Å². The number of benzene rings is 2. The van der Waals surface area contributed by atoms with Gasteiger partial charge in [-0.3, -0.25) is 4.79 Å². The molecule has 0 amide bonds. The number of hydrogen-bond donors (Lipinski definition) is 2. The van der Waals surface area contributed by atoms with Gasteiger partial charge in [-0.05, 0) is 56.1 Å². The van der Waals surface area contributed by atoms with Crippen LogP contribution in [0.5, 0.6) is 0 Å². The molecule has 2 aromatic rings. The van der Waals surface area contributed by atoms with Crippen LogP contribution in [0.2, 0.25) is 5.02 Å². The second kappa shape index (κ2) is 7.51. The number of nitrogens with two attached hydrogens (primary N) is 1. The molecule has 0 aliphatic heterocycles. The van der Waals surface area contributed by atoms with Crippen molar-refractivity contribution in [2.45, 2.75) is 6.18 Å². The van der Waals surface area contributed by atoms with Crippen molar-refractivity contribution in [1.29, 1.82) is 0 Å². The quantitative estimate of drug-likeness (QED) is 0.315. The SMILES string of the molecule is Nc1c(NCC(F)(F)F)cc(Br)c(C(=O)c2cc(F)ccc2Cl)c1Br. The Morgan fingerprint density at radius 2 is 1.88 bits per heavy atom. The van der Waals surface area contributed by atoms with Crippen LogP contribution in [-0.4, -0.2) is 18.5 Å². The summed E-state index contributed by atoms with van der Waals surface area (Å²) >= 11 is 12.2. The van der Waals surface area contributed by atoms with Crippen molar-refractivity contribution in [3.05, 3.63) is 55.2 Å². The Balaban J connectivity index is 2.47. The lowest BCUT2D eigenvalue weighted by atomic mass is 10.0. The van der Waals surface area contributed by atoms with E-state index in [1.54, 1.807) is 0 Å². The number of halogens is 7. The third-order valence-electron chi connectivity index (χ3n) is 3.14. The summed E-state index contributed by atoms with van der Waals surface area (Å²) < 4.78 is 50.7. The first-order valence-corrected chi connectivity index (χ1v) is 8.55. The second-order valence-corrected chi connectivity index (χ2v) is 6.99. The van der Waals surface area contributed by atoms with Gasteiger partial charge in [0.05, 0.1) is 26.4 Å². The van der Waals surface area contributed by atoms with Crippen molar-refractivity contribution in [3.8, 4) is 0 Å². The third kappa shape index (κ3) is 4.65. The molecule has 0 aromatic heterocycles. The fourth-order valence-electron chi connectivity index (χ4n) is 1.99. The standard InChI is InChI=1S/C15H9Br2ClF4N2O/c16-8-4-10(24-5-15(20,21)22)13(23)12(17)11(8)14(25)7-3-6(19)1-2-9(7)18/h1-4,24H,5,23H2. The molecule has 0 saturated carbocycles. The normalized spacial score (nSPS) is 11.5. The van der Waals surface area contributed by atoms with E-state index in [4.69, 9.17) is 17.3 Å². The number of carbonyl (C=O) groups is 1. The van der Waals surface area contributed by atoms with Gasteiger partial charge in [-0.2, -0.15) is 13.2 Å². The molecule has 2 rings (SSSR count). The summed E-state index contributed by atoms with van der Waals surface area (Å²) in [6.45, 7) is -1.29. The van der Waals surface area contributed by atoms with Gasteiger partial charge in [0, 0.05) is 10.0 Å². The molecule has 3 nitrogen and oxygen atoms in total. The maximum Gasteiger partial charge on any atom is 0.405 e. The maximum absolute atomic E-state index is 13.4. The Labute approximate surface area is 161 Å². The first kappa shape index (κ1) is 20.0. The Hall–Kier alpha value is -1.32. The first-order valence-electron chi connectivity index (χ1n) is 6.59. The number of hydrogen-bond acceptors (Lipinski definition) is 3. The average molecular weight is 505 g/mol. The van der Waals surface area contributed by atoms with E-state index in [0.717, 1.165) is 12.1 Å². The molecular weight excluding hydrogens is 495 g/mol. The topological polar surface area (TPSA) is 55.1 Å². The molecule has 0 aliphatic carbocycles. The largest absolute Gasteiger partial charge is 0.405 e. The summed E-state index contributed by atoms with van der Waals surface area (Å²) in [6.07, 6.45) is -4.44. The Bertz CT molecular complexity index is 843. The zero-order chi connectivity index (χ0) is 18.9. The van der Waals surface area contributed by atoms with Crippen LogP contribution < -0.4 is 11.1 Å². The van der Waals surface area contributed by atoms with E-state index < -0.39 is 24.3 Å². The van der Waals surface area contributed by atoms with Crippen molar-refractivity contribution in [1.82, 2.24) is 0 Å². The van der Waals surface area contributed by atoms with Crippen molar-refractivity contribution < 1.29 is 22.4 Å². The highest BCUT2D eigenvalue weighted by Gasteiger charge is 2.28. The molecule has 0 saturated heterocycles. The van der Waals surface area contributed by atoms with E-state index in [-0.39, 0.29) is 36.5 Å². The average Bonchev–Trinajstić information content (AvgIpc) is 2.51. The van der Waals surface area contributed by atoms with Gasteiger partial charge in [0.25, 0.3) is 0 Å². The molecule has 10 heteroatoms. The van der Waals surface area contributed by atoms with Crippen LogP contribution in [0.4, 0.5) is 28.9 Å². The van der Waals surface area contributed by atoms with Crippen molar-refractivity contribution in [2.24, 2.45) is 0 Å². The molecule has 0 heterocycles. The second-order valence-electron chi connectivity index (χ2n) is 4.93. The minimum atomic E-state index is -4.44. The van der Waals surface area contributed by atoms with Gasteiger partial charge in [-0.25, -0.2) is 4.39 Å². The summed E-state index contributed by atoms with van der Waals surface area (Å²) in [5, 5.41) is 2.18. The molecule has 0 fully saturated rings. The van der Waals surface area contributed by atoms with Crippen LogP contribution in [0.3, 0.4) is 0 Å². The molecular formula is C15H9Br2ClF4N2O. The summed E-state index contributed by atoms with van der Waals surface area (Å²) in [7, 11) is 0. The number of alkyl halides is 3. The van der Waals surface area contributed by atoms with Crippen LogP contribution in [0.1, 0.15) is 15.9 Å². The van der Waals surface area contributed by atoms with E-state index in [1.165, 1.54) is 12.1 Å². The van der Waals surface area contributed by atoms with Crippen LogP contribution >= 0.6 is 43.5 Å². The van der Waals surface area contributed by atoms with Gasteiger partial charge in [-0.15, -0.1) is 0 Å². The van der Waals surface area contributed by atoms with Crippen molar-refractivity contribution >= 4 is 60.6 Å². The van der Waals surface area contributed by atoms with Crippen LogP contribution in [0.15, 0.2) is 33.2 Å². The lowest BCUT2D eigenvalue weighted by Gasteiger charge is -2.16. The lowest BCUT2D eigenvalue weighted by molar-refractivity contribution is -0.115. The highest BCUT2D eigenvalue weighted by Crippen LogP contribution is 2.39. The van der Waals surface area contributed by atoms with Gasteiger partial charge >= 0.3 is 6.18 Å². The highest BCUT2D eigenvalue weighted by molar-refractivity contribution is 9.11. The predicted octanol–water partition coefficient (Wildman–Crippen LogP) is 5.79. The Morgan fingerprint density at radius 3 is 2.48 bits per heavy atom. The van der Waals surface area contributed by atoms with Gasteiger partial charge in [0.2, 0.25) is 0 Å². The summed E-state index contributed by atoms with van der Waals surface area (Å²) in [5.74, 6) is -1.30. The third-order valence-corrected chi connectivity index (χ3v) is 4.91. The summed E-state index contributed by atoms with van der Waals surface area (Å²) in [6, 6.07) is 4.54. The predicted molar refractivity (Wildman–Crippen MR) is 95.6 cm³/mol. The fourth-order valence-corrected chi connectivity index (χ4v) is 3.67. The zero-order valence-corrected chi connectivity index (χ0v) is 16.1. The molecule has 0 unspecified atom stereocenters. The molecule has 0 spiro atoms. The highest BCUT2D eigenvalue weighted by atomic mass is 79.9. The molecule has 0 radical (unpaired) electrons. The monoisotopic (exact) mass is 502 g/mol. The smallest absolute Gasteiger partial charge is 0.396 e. The van der Waals surface area contributed by atoms with Crippen LogP contribution in [0, 0.1) is 5.82 Å². The molecule has 0 atom stereocenters. The number of nitrogen functional groups attached to an aromatic ring is 1. The molecule has 0 aliphatic rings. The molecule has 0 bridgehead atoms. The minimum absolute atomic E-state index is 0.0158. The van der Waals surface area contributed by atoms with E-state index in [0.29, 0.717) is 0 Å². The van der Waals surface area contributed by atoms with E-state index in [1.807, 2.05) is 0 Å². The van der Waals surface area contributed by atoms with Gasteiger partial charge in [0.1, 0.15) is 12.4 Å². The summed E-state index contributed by atoms with van der Waals surface area (Å²) in [5.41, 5.74) is 5.62. The van der Waals surface area contributed by atoms with Crippen molar-refractivity contribution in [2.75, 3.05) is 17.6 Å². The van der Waals surface area contributed by atoms with Gasteiger partial charge in [-0.1, -0.05) is 11.6 Å². The van der Waals surface area contributed by atoms with E-state index in [2.05, 4.69) is 37.2 Å². The molecule has 25 heavy (non-hydrogen) atoms. The first-order chi connectivity index (χ1) is 11.5. The van der Waals surface area contributed by atoms with Crippen molar-refractivity contribution in [3.63, 3.8) is 0 Å². The number of nitrogens with one attached hydrogen (secondary N) is 1. The number of anilines is 2. The number of rotatable bonds is 4. The van der Waals surface area contributed by atoms with Crippen LogP contribution in [0.25, 0.3) is 0 Å². The van der Waals surface area contributed by atoms with Gasteiger partial charge < -0.3 is 11.1 Å². The van der Waals surface area contributed by atoms with E-state index >= 15 is 0 Å². The minimum Gasteiger partial charge on any atom is -0.396 e. The lowest BCUT2D eigenvalue weighted by Crippen LogP contribution is -2.22. The molecule has 2 aromatic carbocycles. The molecule has 134 valence electrons. The Kier molecular flexibility index (Phi) is 6.01. The number of ketones is 1.